The molecule has 0 radical (unpaired) electrons. The molecule has 0 saturated carbocycles. The lowest BCUT2D eigenvalue weighted by Crippen LogP contribution is -2.31. The van der Waals surface area contributed by atoms with Crippen molar-refractivity contribution in [2.45, 2.75) is 46.3 Å². The van der Waals surface area contributed by atoms with Gasteiger partial charge in [-0.3, -0.25) is 9.59 Å². The van der Waals surface area contributed by atoms with Crippen LogP contribution in [0.15, 0.2) is 48.0 Å². The highest BCUT2D eigenvalue weighted by atomic mass is 16.5. The van der Waals surface area contributed by atoms with Gasteiger partial charge in [-0.2, -0.15) is 0 Å². The number of amides is 1. The largest absolute Gasteiger partial charge is 0.507 e. The second kappa shape index (κ2) is 12.6. The van der Waals surface area contributed by atoms with Gasteiger partial charge in [-0.1, -0.05) is 32.0 Å². The Balaban J connectivity index is 2.07. The van der Waals surface area contributed by atoms with Crippen LogP contribution in [0.1, 0.15) is 51.3 Å². The molecular weight excluding hydrogens is 474 g/mol. The predicted molar refractivity (Wildman–Crippen MR) is 141 cm³/mol. The topological polar surface area (TPSA) is 94.5 Å². The van der Waals surface area contributed by atoms with Crippen molar-refractivity contribution in [2.24, 2.45) is 5.92 Å². The van der Waals surface area contributed by atoms with Gasteiger partial charge in [0.25, 0.3) is 11.7 Å². The van der Waals surface area contributed by atoms with Gasteiger partial charge in [0, 0.05) is 18.7 Å². The quantitative estimate of drug-likeness (QED) is 0.186. The van der Waals surface area contributed by atoms with Crippen LogP contribution in [0.25, 0.3) is 5.76 Å². The van der Waals surface area contributed by atoms with Crippen molar-refractivity contribution in [3.63, 3.8) is 0 Å². The zero-order chi connectivity index (χ0) is 27.1. The third kappa shape index (κ3) is 6.63. The Morgan fingerprint density at radius 3 is 2.38 bits per heavy atom. The minimum atomic E-state index is -0.806. The first-order valence-corrected chi connectivity index (χ1v) is 12.5. The zero-order valence-electron chi connectivity index (χ0n) is 22.4. The predicted octanol–water partition coefficient (Wildman–Crippen LogP) is 4.98. The molecule has 1 fully saturated rings. The number of aliphatic hydroxyl groups is 1. The number of carbonyl (C=O) groups excluding carboxylic acids is 2. The van der Waals surface area contributed by atoms with Crippen molar-refractivity contribution < 1.29 is 33.6 Å². The molecule has 8 nitrogen and oxygen atoms in total. The number of Topliss-reactive ketones (excluding diaryl/α,β-unsaturated/α-hetero) is 1. The van der Waals surface area contributed by atoms with E-state index in [-0.39, 0.29) is 24.0 Å². The fraction of sp³-hybridized carbons (Fsp3) is 0.448. The van der Waals surface area contributed by atoms with Gasteiger partial charge in [-0.15, -0.1) is 0 Å². The fourth-order valence-corrected chi connectivity index (χ4v) is 4.19. The first-order chi connectivity index (χ1) is 17.7. The van der Waals surface area contributed by atoms with E-state index in [1.165, 1.54) is 19.1 Å². The molecule has 2 aromatic carbocycles. The van der Waals surface area contributed by atoms with Crippen molar-refractivity contribution in [3.05, 3.63) is 59.2 Å². The summed E-state index contributed by atoms with van der Waals surface area (Å²) < 4.78 is 22.3. The maximum absolute atomic E-state index is 13.3. The monoisotopic (exact) mass is 511 g/mol. The summed E-state index contributed by atoms with van der Waals surface area (Å²) in [5, 5.41) is 11.4. The standard InChI is InChI=1S/C29H37NO7/c1-18(2)17-37-22-10-7-9-21(15-22)27(31)25-26(20-11-12-23(34-5)24(16-20)35-6)30(29(33)28(25)32)13-8-14-36-19(3)4/h7,9-12,15-16,18-19,26,31H,8,13-14,17H2,1-6H3/b27-25-. The Morgan fingerprint density at radius 2 is 1.73 bits per heavy atom. The number of carbonyl (C=O) groups is 2. The number of methoxy groups -OCH3 is 2. The van der Waals surface area contributed by atoms with E-state index in [4.69, 9.17) is 18.9 Å². The minimum absolute atomic E-state index is 0.0167. The van der Waals surface area contributed by atoms with E-state index < -0.39 is 17.7 Å². The lowest BCUT2D eigenvalue weighted by molar-refractivity contribution is -0.140. The summed E-state index contributed by atoms with van der Waals surface area (Å²) in [5.74, 6) is 0.205. The van der Waals surface area contributed by atoms with E-state index in [0.717, 1.165) is 0 Å². The smallest absolute Gasteiger partial charge is 0.295 e. The molecule has 3 rings (SSSR count). The summed E-state index contributed by atoms with van der Waals surface area (Å²) in [6.45, 7) is 9.20. The van der Waals surface area contributed by atoms with Crippen molar-refractivity contribution in [2.75, 3.05) is 34.0 Å². The average molecular weight is 512 g/mol. The molecule has 1 aliphatic heterocycles. The van der Waals surface area contributed by atoms with Gasteiger partial charge in [-0.05, 0) is 56.0 Å². The van der Waals surface area contributed by atoms with Crippen LogP contribution >= 0.6 is 0 Å². The molecule has 37 heavy (non-hydrogen) atoms. The van der Waals surface area contributed by atoms with Crippen molar-refractivity contribution >= 4 is 17.4 Å². The lowest BCUT2D eigenvalue weighted by Gasteiger charge is -2.26. The van der Waals surface area contributed by atoms with Crippen LogP contribution in [0.2, 0.25) is 0 Å². The molecule has 1 heterocycles. The van der Waals surface area contributed by atoms with E-state index >= 15 is 0 Å². The number of hydrogen-bond donors (Lipinski definition) is 1. The molecule has 0 aromatic heterocycles. The number of ketones is 1. The van der Waals surface area contributed by atoms with E-state index in [1.54, 1.807) is 42.5 Å². The van der Waals surface area contributed by atoms with Crippen LogP contribution < -0.4 is 14.2 Å². The van der Waals surface area contributed by atoms with Gasteiger partial charge in [-0.25, -0.2) is 0 Å². The fourth-order valence-electron chi connectivity index (χ4n) is 4.19. The summed E-state index contributed by atoms with van der Waals surface area (Å²) in [4.78, 5) is 28.0. The van der Waals surface area contributed by atoms with Gasteiger partial charge in [0.1, 0.15) is 11.5 Å². The van der Waals surface area contributed by atoms with E-state index in [0.29, 0.717) is 53.9 Å². The van der Waals surface area contributed by atoms with E-state index in [1.807, 2.05) is 27.7 Å². The molecule has 0 aliphatic carbocycles. The summed E-state index contributed by atoms with van der Waals surface area (Å²) in [5.41, 5.74) is 1.03. The highest BCUT2D eigenvalue weighted by Crippen LogP contribution is 2.42. The molecule has 1 amide bonds. The molecule has 1 atom stereocenters. The second-order valence-electron chi connectivity index (χ2n) is 9.61. The summed E-state index contributed by atoms with van der Waals surface area (Å²) in [6, 6.07) is 11.3. The number of rotatable bonds is 12. The normalized spacial score (nSPS) is 17.1. The Morgan fingerprint density at radius 1 is 1.00 bits per heavy atom. The third-order valence-electron chi connectivity index (χ3n) is 5.95. The van der Waals surface area contributed by atoms with Gasteiger partial charge >= 0.3 is 0 Å². The van der Waals surface area contributed by atoms with Gasteiger partial charge in [0.15, 0.2) is 11.5 Å². The maximum atomic E-state index is 13.3. The van der Waals surface area contributed by atoms with Gasteiger partial charge in [0.05, 0.1) is 38.5 Å². The van der Waals surface area contributed by atoms with Crippen LogP contribution in [0.5, 0.6) is 17.2 Å². The third-order valence-corrected chi connectivity index (χ3v) is 5.95. The molecular formula is C29H37NO7. The highest BCUT2D eigenvalue weighted by molar-refractivity contribution is 6.46. The van der Waals surface area contributed by atoms with Gasteiger partial charge < -0.3 is 29.0 Å². The average Bonchev–Trinajstić information content (AvgIpc) is 3.14. The number of benzene rings is 2. The summed E-state index contributed by atoms with van der Waals surface area (Å²) in [7, 11) is 3.05. The number of ether oxygens (including phenoxy) is 4. The lowest BCUT2D eigenvalue weighted by atomic mass is 9.95. The van der Waals surface area contributed by atoms with Crippen molar-refractivity contribution in [1.29, 1.82) is 0 Å². The molecule has 1 aliphatic rings. The summed E-state index contributed by atoms with van der Waals surface area (Å²) in [6.07, 6.45) is 0.593. The van der Waals surface area contributed by atoms with E-state index in [2.05, 4.69) is 0 Å². The second-order valence-corrected chi connectivity index (χ2v) is 9.61. The number of hydrogen-bond acceptors (Lipinski definition) is 7. The molecule has 1 N–H and O–H groups in total. The Hall–Kier alpha value is -3.52. The highest BCUT2D eigenvalue weighted by Gasteiger charge is 2.46. The molecule has 1 unspecified atom stereocenters. The van der Waals surface area contributed by atoms with Crippen LogP contribution in [0, 0.1) is 5.92 Å². The maximum Gasteiger partial charge on any atom is 0.295 e. The molecule has 0 spiro atoms. The van der Waals surface area contributed by atoms with E-state index in [9.17, 15) is 14.7 Å². The molecule has 200 valence electrons. The molecule has 1 saturated heterocycles. The Bertz CT molecular complexity index is 1140. The molecule has 2 aromatic rings. The first kappa shape index (κ1) is 28.1. The number of aliphatic hydroxyl groups excluding tert-OH is 1. The van der Waals surface area contributed by atoms with Crippen molar-refractivity contribution in [3.8, 4) is 17.2 Å². The van der Waals surface area contributed by atoms with Crippen LogP contribution in [-0.4, -0.2) is 61.8 Å². The van der Waals surface area contributed by atoms with Crippen LogP contribution in [-0.2, 0) is 14.3 Å². The van der Waals surface area contributed by atoms with Crippen molar-refractivity contribution in [1.82, 2.24) is 4.90 Å². The molecule has 8 heteroatoms. The Kier molecular flexibility index (Phi) is 9.58. The Labute approximate surface area is 218 Å². The zero-order valence-corrected chi connectivity index (χ0v) is 22.4. The SMILES string of the molecule is COc1ccc(C2/C(=C(/O)c3cccc(OCC(C)C)c3)C(=O)C(=O)N2CCCOC(C)C)cc1OC. The van der Waals surface area contributed by atoms with Crippen LogP contribution in [0.4, 0.5) is 0 Å². The first-order valence-electron chi connectivity index (χ1n) is 12.5. The summed E-state index contributed by atoms with van der Waals surface area (Å²) >= 11 is 0. The van der Waals surface area contributed by atoms with Crippen LogP contribution in [0.3, 0.4) is 0 Å². The van der Waals surface area contributed by atoms with Gasteiger partial charge in [0.2, 0.25) is 0 Å². The number of nitrogens with zero attached hydrogens (tertiary/aromatic N) is 1. The number of likely N-dealkylation sites (tertiary alicyclic amines) is 1. The molecule has 0 bridgehead atoms. The minimum Gasteiger partial charge on any atom is -0.507 e.